The first-order chi connectivity index (χ1) is 12.4. The number of carbonyl (C=O) groups is 2. The molecular formula is C18H21NO6S. The zero-order chi connectivity index (χ0) is 19.3. The van der Waals surface area contributed by atoms with Crippen LogP contribution in [0.3, 0.4) is 0 Å². The Morgan fingerprint density at radius 1 is 1.38 bits per heavy atom. The van der Waals surface area contributed by atoms with Crippen LogP contribution >= 0.6 is 11.8 Å². The lowest BCUT2D eigenvalue weighted by Crippen LogP contribution is -2.44. The molecule has 0 fully saturated rings. The van der Waals surface area contributed by atoms with Gasteiger partial charge >= 0.3 is 11.6 Å². The van der Waals surface area contributed by atoms with Gasteiger partial charge in [0.2, 0.25) is 0 Å². The summed E-state index contributed by atoms with van der Waals surface area (Å²) >= 11 is 1.32. The molecular weight excluding hydrogens is 358 g/mol. The van der Waals surface area contributed by atoms with Crippen molar-refractivity contribution in [3.8, 4) is 5.75 Å². The Morgan fingerprint density at radius 2 is 2.12 bits per heavy atom. The van der Waals surface area contributed by atoms with E-state index in [-0.39, 0.29) is 12.4 Å². The maximum absolute atomic E-state index is 12.0. The molecule has 1 atom stereocenters. The van der Waals surface area contributed by atoms with Crippen LogP contribution in [-0.4, -0.2) is 41.6 Å². The van der Waals surface area contributed by atoms with Crippen molar-refractivity contribution < 1.29 is 23.8 Å². The minimum Gasteiger partial charge on any atom is -0.483 e. The van der Waals surface area contributed by atoms with Crippen molar-refractivity contribution in [2.24, 2.45) is 0 Å². The van der Waals surface area contributed by atoms with Crippen LogP contribution in [0.1, 0.15) is 18.1 Å². The molecule has 26 heavy (non-hydrogen) atoms. The molecule has 2 N–H and O–H groups in total. The Bertz CT molecular complexity index is 876. The van der Waals surface area contributed by atoms with Gasteiger partial charge in [0.15, 0.2) is 6.61 Å². The van der Waals surface area contributed by atoms with Crippen molar-refractivity contribution in [2.75, 3.05) is 18.6 Å². The van der Waals surface area contributed by atoms with Gasteiger partial charge in [-0.05, 0) is 37.3 Å². The molecule has 1 amide bonds. The van der Waals surface area contributed by atoms with Crippen molar-refractivity contribution in [1.82, 2.24) is 5.32 Å². The quantitative estimate of drug-likeness (QED) is 0.676. The predicted octanol–water partition coefficient (Wildman–Crippen LogP) is 1.98. The van der Waals surface area contributed by atoms with Gasteiger partial charge in [0, 0.05) is 22.8 Å². The summed E-state index contributed by atoms with van der Waals surface area (Å²) in [6.07, 6.45) is 2.45. The number of carboxylic acid groups (broad SMARTS) is 1. The van der Waals surface area contributed by atoms with Gasteiger partial charge in [-0.3, -0.25) is 4.79 Å². The number of thioether (sulfide) groups is 1. The highest BCUT2D eigenvalue weighted by molar-refractivity contribution is 7.98. The molecule has 140 valence electrons. The number of hydrogen-bond donors (Lipinski definition) is 2. The van der Waals surface area contributed by atoms with Crippen molar-refractivity contribution in [3.63, 3.8) is 0 Å². The van der Waals surface area contributed by atoms with E-state index in [0.29, 0.717) is 23.3 Å². The maximum Gasteiger partial charge on any atom is 0.336 e. The molecule has 0 aliphatic rings. The van der Waals surface area contributed by atoms with Crippen molar-refractivity contribution in [2.45, 2.75) is 26.3 Å². The second-order valence-corrected chi connectivity index (χ2v) is 6.62. The average Bonchev–Trinajstić information content (AvgIpc) is 2.60. The fourth-order valence-corrected chi connectivity index (χ4v) is 3.14. The lowest BCUT2D eigenvalue weighted by Gasteiger charge is -2.15. The van der Waals surface area contributed by atoms with Crippen molar-refractivity contribution >= 4 is 34.6 Å². The monoisotopic (exact) mass is 379 g/mol. The van der Waals surface area contributed by atoms with E-state index in [0.717, 1.165) is 10.9 Å². The third-order valence-electron chi connectivity index (χ3n) is 3.90. The Hall–Kier alpha value is -2.48. The summed E-state index contributed by atoms with van der Waals surface area (Å²) in [5, 5.41) is 12.3. The Morgan fingerprint density at radius 3 is 2.73 bits per heavy atom. The number of amides is 1. The first-order valence-electron chi connectivity index (χ1n) is 8.07. The zero-order valence-corrected chi connectivity index (χ0v) is 15.6. The molecule has 0 bridgehead atoms. The van der Waals surface area contributed by atoms with Crippen LogP contribution in [0.15, 0.2) is 27.4 Å². The summed E-state index contributed by atoms with van der Waals surface area (Å²) in [6, 6.07) is 3.99. The number of aryl methyl sites for hydroxylation is 2. The van der Waals surface area contributed by atoms with Crippen LogP contribution in [-0.2, 0) is 16.0 Å². The van der Waals surface area contributed by atoms with Gasteiger partial charge in [-0.25, -0.2) is 9.59 Å². The minimum atomic E-state index is -1.09. The first-order valence-corrected chi connectivity index (χ1v) is 9.47. The molecule has 0 radical (unpaired) electrons. The molecule has 0 saturated heterocycles. The molecule has 8 heteroatoms. The highest BCUT2D eigenvalue weighted by Gasteiger charge is 2.20. The molecule has 0 saturated carbocycles. The third kappa shape index (κ3) is 4.57. The normalized spacial score (nSPS) is 12.0. The number of carboxylic acids is 1. The fraction of sp³-hybridized carbons (Fsp3) is 0.389. The standard InChI is InChI=1S/C18H21NO6S/c1-4-11-7-16(21)25-17-10(2)14(6-5-12(11)17)24-8-15(20)19-13(9-26-3)18(22)23/h5-7,13H,4,8-9H2,1-3H3,(H,19,20)(H,22,23). The topological polar surface area (TPSA) is 106 Å². The second-order valence-electron chi connectivity index (χ2n) is 5.71. The van der Waals surface area contributed by atoms with Crippen LogP contribution < -0.4 is 15.7 Å². The molecule has 1 heterocycles. The number of nitrogens with one attached hydrogen (secondary N) is 1. The lowest BCUT2D eigenvalue weighted by atomic mass is 10.0. The number of ether oxygens (including phenoxy) is 1. The van der Waals surface area contributed by atoms with Gasteiger partial charge in [-0.15, -0.1) is 0 Å². The summed E-state index contributed by atoms with van der Waals surface area (Å²) in [5.41, 5.74) is 1.48. The molecule has 0 aliphatic heterocycles. The van der Waals surface area contributed by atoms with E-state index in [1.165, 1.54) is 17.8 Å². The van der Waals surface area contributed by atoms with E-state index in [2.05, 4.69) is 5.32 Å². The van der Waals surface area contributed by atoms with Crippen LogP contribution in [0.2, 0.25) is 0 Å². The molecule has 7 nitrogen and oxygen atoms in total. The van der Waals surface area contributed by atoms with Gasteiger partial charge in [-0.2, -0.15) is 11.8 Å². The number of aliphatic carboxylic acids is 1. The predicted molar refractivity (Wildman–Crippen MR) is 100 cm³/mol. The minimum absolute atomic E-state index is 0.265. The van der Waals surface area contributed by atoms with E-state index in [9.17, 15) is 14.4 Å². The van der Waals surface area contributed by atoms with Gasteiger partial charge < -0.3 is 19.6 Å². The van der Waals surface area contributed by atoms with Crippen LogP contribution in [0.4, 0.5) is 0 Å². The largest absolute Gasteiger partial charge is 0.483 e. The van der Waals surface area contributed by atoms with E-state index < -0.39 is 23.5 Å². The molecule has 0 spiro atoms. The average molecular weight is 379 g/mol. The van der Waals surface area contributed by atoms with Crippen LogP contribution in [0, 0.1) is 6.92 Å². The summed E-state index contributed by atoms with van der Waals surface area (Å²) in [4.78, 5) is 34.7. The highest BCUT2D eigenvalue weighted by atomic mass is 32.2. The number of fused-ring (bicyclic) bond motifs is 1. The van der Waals surface area contributed by atoms with E-state index in [4.69, 9.17) is 14.3 Å². The summed E-state index contributed by atoms with van der Waals surface area (Å²) in [6.45, 7) is 3.36. The molecule has 1 aromatic carbocycles. The third-order valence-corrected chi connectivity index (χ3v) is 4.57. The lowest BCUT2D eigenvalue weighted by molar-refractivity contribution is -0.141. The Kier molecular flexibility index (Phi) is 6.68. The summed E-state index contributed by atoms with van der Waals surface area (Å²) in [5.74, 6) is -0.958. The van der Waals surface area contributed by atoms with Gasteiger partial charge in [0.05, 0.1) is 0 Å². The molecule has 2 aromatic rings. The summed E-state index contributed by atoms with van der Waals surface area (Å²) in [7, 11) is 0. The summed E-state index contributed by atoms with van der Waals surface area (Å²) < 4.78 is 10.8. The Balaban J connectivity index is 2.16. The highest BCUT2D eigenvalue weighted by Crippen LogP contribution is 2.28. The maximum atomic E-state index is 12.0. The molecule has 2 rings (SSSR count). The molecule has 0 aliphatic carbocycles. The number of carbonyl (C=O) groups excluding carboxylic acids is 1. The van der Waals surface area contributed by atoms with Crippen LogP contribution in [0.25, 0.3) is 11.0 Å². The Labute approximate surface area is 154 Å². The second kappa shape index (κ2) is 8.75. The van der Waals surface area contributed by atoms with Gasteiger partial charge in [0.1, 0.15) is 17.4 Å². The molecule has 1 aromatic heterocycles. The zero-order valence-electron chi connectivity index (χ0n) is 14.8. The number of benzene rings is 1. The SMILES string of the molecule is CCc1cc(=O)oc2c(C)c(OCC(=O)NC(CSC)C(=O)O)ccc12. The van der Waals surface area contributed by atoms with Crippen molar-refractivity contribution in [3.05, 3.63) is 39.7 Å². The van der Waals surface area contributed by atoms with E-state index in [1.807, 2.05) is 6.92 Å². The van der Waals surface area contributed by atoms with E-state index in [1.54, 1.807) is 25.3 Å². The van der Waals surface area contributed by atoms with E-state index >= 15 is 0 Å². The van der Waals surface area contributed by atoms with Gasteiger partial charge in [-0.1, -0.05) is 6.92 Å². The number of hydrogen-bond acceptors (Lipinski definition) is 6. The smallest absolute Gasteiger partial charge is 0.336 e. The van der Waals surface area contributed by atoms with Crippen molar-refractivity contribution in [1.29, 1.82) is 0 Å². The van der Waals surface area contributed by atoms with Crippen LogP contribution in [0.5, 0.6) is 5.75 Å². The fourth-order valence-electron chi connectivity index (χ4n) is 2.58. The molecule has 1 unspecified atom stereocenters. The number of rotatable bonds is 8. The first kappa shape index (κ1) is 19.8. The van der Waals surface area contributed by atoms with Gasteiger partial charge in [0.25, 0.3) is 5.91 Å².